The zero-order chi connectivity index (χ0) is 40.8. The van der Waals surface area contributed by atoms with Crippen LogP contribution in [0.4, 0.5) is 0 Å². The summed E-state index contributed by atoms with van der Waals surface area (Å²) in [5.74, 6) is -2.12. The molecule has 0 radical (unpaired) electrons. The number of hydroxylamine groups is 2. The van der Waals surface area contributed by atoms with Gasteiger partial charge in [0.1, 0.15) is 41.2 Å². The van der Waals surface area contributed by atoms with Gasteiger partial charge in [-0.15, -0.1) is 0 Å². The quantitative estimate of drug-likeness (QED) is 0.103. The van der Waals surface area contributed by atoms with Gasteiger partial charge in [0.2, 0.25) is 5.91 Å². The number of nitrogens with one attached hydrogen (secondary N) is 1. The summed E-state index contributed by atoms with van der Waals surface area (Å²) in [6.45, 7) is 9.43. The summed E-state index contributed by atoms with van der Waals surface area (Å²) >= 11 is 0. The van der Waals surface area contributed by atoms with E-state index in [1.807, 2.05) is 48.6 Å². The van der Waals surface area contributed by atoms with Crippen molar-refractivity contribution >= 4 is 23.9 Å². The van der Waals surface area contributed by atoms with Gasteiger partial charge in [-0.1, -0.05) is 94.1 Å². The molecule has 12 heteroatoms. The molecular formula is C45H62N2O10. The molecule has 1 aliphatic carbocycles. The van der Waals surface area contributed by atoms with E-state index in [-0.39, 0.29) is 31.6 Å². The fourth-order valence-corrected chi connectivity index (χ4v) is 8.89. The van der Waals surface area contributed by atoms with Crippen LogP contribution >= 0.6 is 0 Å². The molecule has 6 rings (SSSR count). The number of nitrogens with zero attached hydrogens (tertiary/aromatic N) is 1. The van der Waals surface area contributed by atoms with E-state index < -0.39 is 77.8 Å². The van der Waals surface area contributed by atoms with Crippen molar-refractivity contribution in [1.29, 1.82) is 0 Å². The molecule has 7 unspecified atom stereocenters. The van der Waals surface area contributed by atoms with E-state index in [9.17, 15) is 24.6 Å². The molecule has 1 saturated carbocycles. The fourth-order valence-electron chi connectivity index (χ4n) is 8.89. The van der Waals surface area contributed by atoms with Gasteiger partial charge in [-0.05, 0) is 69.2 Å². The van der Waals surface area contributed by atoms with Gasteiger partial charge in [-0.25, -0.2) is 0 Å². The summed E-state index contributed by atoms with van der Waals surface area (Å²) in [7, 11) is 0. The number of benzene rings is 2. The van der Waals surface area contributed by atoms with Crippen LogP contribution in [0.3, 0.4) is 0 Å². The third-order valence-electron chi connectivity index (χ3n) is 11.6. The van der Waals surface area contributed by atoms with Gasteiger partial charge >= 0.3 is 11.9 Å². The highest BCUT2D eigenvalue weighted by Crippen LogP contribution is 2.58. The van der Waals surface area contributed by atoms with E-state index in [4.69, 9.17) is 23.8 Å². The first-order valence-corrected chi connectivity index (χ1v) is 21.0. The number of esters is 2. The number of carbonyl (C=O) groups is 3. The second kappa shape index (κ2) is 18.4. The van der Waals surface area contributed by atoms with Gasteiger partial charge in [0, 0.05) is 25.7 Å². The normalized spacial score (nSPS) is 26.9. The molecule has 2 bridgehead atoms. The van der Waals surface area contributed by atoms with Crippen molar-refractivity contribution in [3.8, 4) is 5.75 Å². The number of hydrogen-bond donors (Lipinski definition) is 3. The summed E-state index contributed by atoms with van der Waals surface area (Å²) in [5.41, 5.74) is 0.494. The molecule has 7 atom stereocenters. The van der Waals surface area contributed by atoms with Crippen molar-refractivity contribution in [2.24, 2.45) is 5.41 Å². The number of amides is 1. The summed E-state index contributed by atoms with van der Waals surface area (Å²) < 4.78 is 25.5. The molecule has 312 valence electrons. The number of aromatic hydroxyl groups is 1. The highest BCUT2D eigenvalue weighted by molar-refractivity contribution is 5.93. The lowest BCUT2D eigenvalue weighted by Crippen LogP contribution is -2.70. The van der Waals surface area contributed by atoms with Gasteiger partial charge in [0.15, 0.2) is 11.8 Å². The largest absolute Gasteiger partial charge is 0.508 e. The monoisotopic (exact) mass is 790 g/mol. The first-order chi connectivity index (χ1) is 27.3. The van der Waals surface area contributed by atoms with Crippen LogP contribution in [-0.2, 0) is 51.1 Å². The van der Waals surface area contributed by atoms with Crippen molar-refractivity contribution in [1.82, 2.24) is 10.4 Å². The number of para-hydroxylation sites is 1. The number of fused-ring (bicyclic) bond motifs is 4. The Hall–Kier alpha value is -3.81. The number of aliphatic hydroxyl groups excluding tert-OH is 1. The molecule has 0 aromatic heterocycles. The number of rotatable bonds is 19. The number of hydrogen-bond acceptors (Lipinski definition) is 11. The standard InChI is InChI=1S/C45H62N2O10/c1-6-8-12-24-44(25-13-9-7-2)55-37-35-27-45(42(52)46-33(29-48)22-23-36(50)54-43(3,4)5)39(41(51)53-35)47(57-40(45)38(37)56-44)28-31-18-14-16-30(26-31)17-15-20-32-19-10-11-21-34(32)49/h10-11,14-19,21,26,33,35,37-40,48-49H,6-9,12-13,20,22-25,27-29H2,1-5H3,(H,46,52). The molecule has 12 nitrogen and oxygen atoms in total. The minimum atomic E-state index is -1.43. The molecule has 3 N–H and O–H groups in total. The van der Waals surface area contributed by atoms with Crippen LogP contribution in [0.25, 0.3) is 6.08 Å². The highest BCUT2D eigenvalue weighted by atomic mass is 16.8. The van der Waals surface area contributed by atoms with Crippen molar-refractivity contribution in [3.05, 3.63) is 71.3 Å². The van der Waals surface area contributed by atoms with Crippen LogP contribution in [0.1, 0.15) is 122 Å². The van der Waals surface area contributed by atoms with E-state index in [1.165, 1.54) is 0 Å². The third kappa shape index (κ3) is 9.74. The average Bonchev–Trinajstić information content (AvgIpc) is 3.72. The van der Waals surface area contributed by atoms with E-state index >= 15 is 0 Å². The number of phenolic OH excluding ortho intramolecular Hbond substituents is 1. The molecule has 3 aliphatic heterocycles. The maximum Gasteiger partial charge on any atom is 0.327 e. The van der Waals surface area contributed by atoms with E-state index in [1.54, 1.807) is 38.0 Å². The maximum absolute atomic E-state index is 14.9. The summed E-state index contributed by atoms with van der Waals surface area (Å²) in [5, 5.41) is 25.2. The Balaban J connectivity index is 1.29. The van der Waals surface area contributed by atoms with E-state index in [0.29, 0.717) is 19.3 Å². The molecule has 3 saturated heterocycles. The minimum absolute atomic E-state index is 0.00703. The number of aliphatic hydroxyl groups is 1. The Labute approximate surface area is 337 Å². The number of allylic oxidation sites excluding steroid dienone is 1. The zero-order valence-electron chi connectivity index (χ0n) is 34.2. The smallest absolute Gasteiger partial charge is 0.327 e. The van der Waals surface area contributed by atoms with Crippen molar-refractivity contribution in [2.75, 3.05) is 6.61 Å². The van der Waals surface area contributed by atoms with Crippen LogP contribution in [0.15, 0.2) is 54.6 Å². The number of phenols is 1. The topological polar surface area (TPSA) is 153 Å². The molecule has 3 heterocycles. The highest BCUT2D eigenvalue weighted by Gasteiger charge is 2.76. The van der Waals surface area contributed by atoms with Gasteiger partial charge in [0.05, 0.1) is 19.2 Å². The summed E-state index contributed by atoms with van der Waals surface area (Å²) in [6.07, 6.45) is 9.16. The Morgan fingerprint density at radius 3 is 2.42 bits per heavy atom. The Morgan fingerprint density at radius 2 is 1.74 bits per heavy atom. The molecule has 4 fully saturated rings. The van der Waals surface area contributed by atoms with E-state index in [0.717, 1.165) is 55.2 Å². The molecule has 4 aliphatic rings. The first-order valence-electron chi connectivity index (χ1n) is 21.0. The maximum atomic E-state index is 14.9. The minimum Gasteiger partial charge on any atom is -0.508 e. The zero-order valence-corrected chi connectivity index (χ0v) is 34.2. The van der Waals surface area contributed by atoms with Crippen molar-refractivity contribution in [2.45, 2.75) is 166 Å². The van der Waals surface area contributed by atoms with Gasteiger partial charge < -0.3 is 34.5 Å². The lowest BCUT2D eigenvalue weighted by molar-refractivity contribution is -0.224. The molecule has 2 aromatic carbocycles. The Morgan fingerprint density at radius 1 is 1.02 bits per heavy atom. The van der Waals surface area contributed by atoms with Gasteiger partial charge in [0.25, 0.3) is 0 Å². The summed E-state index contributed by atoms with van der Waals surface area (Å²) in [4.78, 5) is 48.5. The second-order valence-electron chi connectivity index (χ2n) is 17.2. The third-order valence-corrected chi connectivity index (χ3v) is 11.6. The number of carbonyl (C=O) groups excluding carboxylic acids is 3. The predicted molar refractivity (Wildman–Crippen MR) is 213 cm³/mol. The molecular weight excluding hydrogens is 728 g/mol. The lowest BCUT2D eigenvalue weighted by Gasteiger charge is -2.49. The fraction of sp³-hybridized carbons (Fsp3) is 0.622. The van der Waals surface area contributed by atoms with Crippen LogP contribution in [-0.4, -0.2) is 87.6 Å². The van der Waals surface area contributed by atoms with Crippen molar-refractivity contribution in [3.63, 3.8) is 0 Å². The number of ether oxygens (including phenoxy) is 4. The molecule has 57 heavy (non-hydrogen) atoms. The number of unbranched alkanes of at least 4 members (excludes halogenated alkanes) is 4. The molecule has 2 aromatic rings. The average molecular weight is 791 g/mol. The van der Waals surface area contributed by atoms with Crippen molar-refractivity contribution < 1.29 is 48.4 Å². The predicted octanol–water partition coefficient (Wildman–Crippen LogP) is 6.69. The van der Waals surface area contributed by atoms with Crippen LogP contribution < -0.4 is 5.32 Å². The molecule has 0 spiro atoms. The molecule has 1 amide bonds. The lowest BCUT2D eigenvalue weighted by atomic mass is 9.62. The van der Waals surface area contributed by atoms with Gasteiger partial charge in [-0.2, -0.15) is 5.06 Å². The SMILES string of the molecule is CCCCCC1(CCCCC)OC2C3CC4(C(=O)NC(CO)CCC(=O)OC(C)(C)C)C(ON(Cc5cccc(C=CCc6ccccc6O)c5)C4C(=O)O3)C2O1. The summed E-state index contributed by atoms with van der Waals surface area (Å²) in [6, 6.07) is 13.2. The van der Waals surface area contributed by atoms with E-state index in [2.05, 4.69) is 19.2 Å². The van der Waals surface area contributed by atoms with Crippen LogP contribution in [0.5, 0.6) is 5.75 Å². The van der Waals surface area contributed by atoms with Crippen LogP contribution in [0, 0.1) is 5.41 Å². The Bertz CT molecular complexity index is 1730. The Kier molecular flexibility index (Phi) is 13.8. The van der Waals surface area contributed by atoms with Crippen LogP contribution in [0.2, 0.25) is 0 Å². The first kappa shape index (κ1) is 42.8. The van der Waals surface area contributed by atoms with Gasteiger partial charge in [-0.3, -0.25) is 19.2 Å². The second-order valence-corrected chi connectivity index (χ2v) is 17.2.